The number of fused-ring (bicyclic) bond motifs is 20. The molecule has 362 valence electrons. The van der Waals surface area contributed by atoms with Gasteiger partial charge in [0.15, 0.2) is 0 Å². The van der Waals surface area contributed by atoms with Crippen LogP contribution in [-0.2, 0) is 0 Å². The molecule has 12 aromatic carbocycles. The van der Waals surface area contributed by atoms with E-state index in [9.17, 15) is 0 Å². The first-order valence-electron chi connectivity index (χ1n) is 26.6. The highest BCUT2D eigenvalue weighted by atomic mass is 32.1. The van der Waals surface area contributed by atoms with Crippen molar-refractivity contribution in [3.8, 4) is 39.3 Å². The molecule has 6 aromatic heterocycles. The van der Waals surface area contributed by atoms with E-state index in [0.717, 1.165) is 39.0 Å². The number of rotatable bonds is 5. The number of hydrogen-bond acceptors (Lipinski definition) is 3. The molecular formula is C72H41N3OS2. The van der Waals surface area contributed by atoms with E-state index >= 15 is 0 Å². The second-order valence-corrected chi connectivity index (χ2v) is 22.8. The zero-order valence-electron chi connectivity index (χ0n) is 41.7. The van der Waals surface area contributed by atoms with E-state index in [1.807, 2.05) is 22.7 Å². The number of thiophene rings is 2. The first kappa shape index (κ1) is 42.5. The lowest BCUT2D eigenvalue weighted by molar-refractivity contribution is 0.669. The standard InChI is InChI=1S/C72H41N3OS2/c1-3-17-44(18-4-1)73-57-26-12-7-21-47(57)54-37-42(31-34-59(54)73)52-40-61-69(71-67(52)50-24-10-15-29-65(50)77-71)70-62(75(61)46-33-36-64-56(39-46)49-23-9-14-28-63(49)76-64)41-53(68-51-25-11-16-30-66(51)78-72(68)70)43-32-35-60-55(38-43)48-22-8-13-27-58(48)74(60)45-19-5-2-6-20-45/h1-41H. The third-order valence-electron chi connectivity index (χ3n) is 16.6. The minimum absolute atomic E-state index is 0.881. The van der Waals surface area contributed by atoms with Crippen LogP contribution in [0.5, 0.6) is 0 Å². The molecule has 0 aliphatic rings. The monoisotopic (exact) mass is 1030 g/mol. The van der Waals surface area contributed by atoms with Crippen molar-refractivity contribution in [1.82, 2.24) is 13.7 Å². The smallest absolute Gasteiger partial charge is 0.135 e. The van der Waals surface area contributed by atoms with Gasteiger partial charge in [0.1, 0.15) is 11.2 Å². The summed E-state index contributed by atoms with van der Waals surface area (Å²) < 4.78 is 19.1. The quantitative estimate of drug-likeness (QED) is 0.169. The highest BCUT2D eigenvalue weighted by Gasteiger charge is 2.27. The van der Waals surface area contributed by atoms with Crippen molar-refractivity contribution in [3.05, 3.63) is 249 Å². The van der Waals surface area contributed by atoms with Gasteiger partial charge in [0.05, 0.1) is 33.1 Å². The SMILES string of the molecule is c1ccc(-n2c3ccccc3c3cc(-c4cc5c(c6sc7ccccc7c46)c4c6sc7ccccc7c6c(-c6ccc7c(c6)c6ccccc6n7-c6ccccc6)cc4n5-c4ccc5oc6ccccc6c5c4)ccc32)cc1. The molecule has 0 amide bonds. The first-order chi connectivity index (χ1) is 38.7. The van der Waals surface area contributed by atoms with Crippen molar-refractivity contribution in [2.75, 3.05) is 0 Å². The fourth-order valence-electron chi connectivity index (χ4n) is 13.3. The molecule has 18 aromatic rings. The summed E-state index contributed by atoms with van der Waals surface area (Å²) in [5, 5.41) is 14.9. The zero-order valence-corrected chi connectivity index (χ0v) is 43.4. The maximum atomic E-state index is 6.52. The van der Waals surface area contributed by atoms with Gasteiger partial charge in [-0.3, -0.25) is 0 Å². The van der Waals surface area contributed by atoms with Crippen LogP contribution in [0.15, 0.2) is 253 Å². The van der Waals surface area contributed by atoms with Gasteiger partial charge >= 0.3 is 0 Å². The molecule has 18 rings (SSSR count). The molecule has 0 N–H and O–H groups in total. The minimum atomic E-state index is 0.881. The van der Waals surface area contributed by atoms with E-state index in [2.05, 4.69) is 262 Å². The minimum Gasteiger partial charge on any atom is -0.456 e. The third kappa shape index (κ3) is 5.82. The van der Waals surface area contributed by atoms with Crippen LogP contribution in [-0.4, -0.2) is 13.7 Å². The number of hydrogen-bond donors (Lipinski definition) is 0. The van der Waals surface area contributed by atoms with Crippen molar-refractivity contribution >= 4 is 150 Å². The molecule has 6 heteroatoms. The highest BCUT2D eigenvalue weighted by molar-refractivity contribution is 7.28. The van der Waals surface area contributed by atoms with Crippen molar-refractivity contribution in [2.24, 2.45) is 0 Å². The maximum Gasteiger partial charge on any atom is 0.135 e. The molecule has 0 radical (unpaired) electrons. The van der Waals surface area contributed by atoms with Gasteiger partial charge < -0.3 is 18.1 Å². The lowest BCUT2D eigenvalue weighted by atomic mass is 9.94. The molecule has 0 saturated carbocycles. The van der Waals surface area contributed by atoms with Gasteiger partial charge in [-0.2, -0.15) is 0 Å². The molecule has 0 aliphatic carbocycles. The van der Waals surface area contributed by atoms with E-state index in [-0.39, 0.29) is 0 Å². The Bertz CT molecular complexity index is 5280. The summed E-state index contributed by atoms with van der Waals surface area (Å²) in [6.07, 6.45) is 0. The Balaban J connectivity index is 0.999. The Morgan fingerprint density at radius 2 is 0.679 bits per heavy atom. The van der Waals surface area contributed by atoms with Gasteiger partial charge in [-0.1, -0.05) is 140 Å². The van der Waals surface area contributed by atoms with E-state index < -0.39 is 0 Å². The molecule has 0 fully saturated rings. The average Bonchev–Trinajstić information content (AvgIpc) is 4.06. The Hall–Kier alpha value is -9.72. The van der Waals surface area contributed by atoms with E-state index in [4.69, 9.17) is 4.42 Å². The fourth-order valence-corrected chi connectivity index (χ4v) is 15.9. The predicted molar refractivity (Wildman–Crippen MR) is 333 cm³/mol. The zero-order chi connectivity index (χ0) is 50.7. The normalized spacial score (nSPS) is 12.4. The molecule has 0 aliphatic heterocycles. The van der Waals surface area contributed by atoms with Crippen molar-refractivity contribution in [3.63, 3.8) is 0 Å². The van der Waals surface area contributed by atoms with Gasteiger partial charge in [0, 0.05) is 100 Å². The number of para-hydroxylation sites is 5. The summed E-state index contributed by atoms with van der Waals surface area (Å²) in [7, 11) is 0. The van der Waals surface area contributed by atoms with Gasteiger partial charge in [0.2, 0.25) is 0 Å². The lowest BCUT2D eigenvalue weighted by Crippen LogP contribution is -1.95. The Labute approximate surface area is 453 Å². The van der Waals surface area contributed by atoms with Crippen LogP contribution >= 0.6 is 22.7 Å². The molecule has 0 unspecified atom stereocenters. The topological polar surface area (TPSA) is 27.9 Å². The molecule has 0 atom stereocenters. The Kier molecular flexibility index (Phi) is 8.67. The summed E-state index contributed by atoms with van der Waals surface area (Å²) in [6, 6.07) is 91.9. The maximum absolute atomic E-state index is 6.52. The molecule has 6 heterocycles. The van der Waals surface area contributed by atoms with E-state index in [0.29, 0.717) is 0 Å². The van der Waals surface area contributed by atoms with Crippen LogP contribution in [0, 0.1) is 0 Å². The molecule has 78 heavy (non-hydrogen) atoms. The van der Waals surface area contributed by atoms with Gasteiger partial charge in [-0.25, -0.2) is 0 Å². The number of nitrogens with zero attached hydrogens (tertiary/aromatic N) is 3. The van der Waals surface area contributed by atoms with E-state index in [1.54, 1.807) is 0 Å². The third-order valence-corrected chi connectivity index (χ3v) is 19.0. The summed E-state index contributed by atoms with van der Waals surface area (Å²) in [5.41, 5.74) is 17.1. The molecule has 0 spiro atoms. The van der Waals surface area contributed by atoms with Crippen LogP contribution in [0.2, 0.25) is 0 Å². The van der Waals surface area contributed by atoms with Crippen molar-refractivity contribution < 1.29 is 4.42 Å². The molecule has 0 bridgehead atoms. The lowest BCUT2D eigenvalue weighted by Gasteiger charge is -2.13. The number of aromatic nitrogens is 3. The highest BCUT2D eigenvalue weighted by Crippen LogP contribution is 2.54. The van der Waals surface area contributed by atoms with Crippen LogP contribution in [0.1, 0.15) is 0 Å². The Morgan fingerprint density at radius 3 is 1.22 bits per heavy atom. The van der Waals surface area contributed by atoms with Gasteiger partial charge in [-0.05, 0) is 131 Å². The first-order valence-corrected chi connectivity index (χ1v) is 28.2. The summed E-state index contributed by atoms with van der Waals surface area (Å²) in [4.78, 5) is 0. The number of benzene rings is 12. The number of furan rings is 1. The van der Waals surface area contributed by atoms with Crippen LogP contribution in [0.3, 0.4) is 0 Å². The van der Waals surface area contributed by atoms with Crippen molar-refractivity contribution in [2.45, 2.75) is 0 Å². The summed E-state index contributed by atoms with van der Waals surface area (Å²) in [5.74, 6) is 0. The van der Waals surface area contributed by atoms with Gasteiger partial charge in [0.25, 0.3) is 0 Å². The summed E-state index contributed by atoms with van der Waals surface area (Å²) >= 11 is 3.85. The average molecular weight is 1030 g/mol. The largest absolute Gasteiger partial charge is 0.456 e. The molecular weight excluding hydrogens is 987 g/mol. The predicted octanol–water partition coefficient (Wildman–Crippen LogP) is 20.9. The van der Waals surface area contributed by atoms with Crippen molar-refractivity contribution in [1.29, 1.82) is 0 Å². The van der Waals surface area contributed by atoms with Crippen LogP contribution in [0.4, 0.5) is 0 Å². The summed E-state index contributed by atoms with van der Waals surface area (Å²) in [6.45, 7) is 0. The second kappa shape index (κ2) is 15.9. The molecule has 4 nitrogen and oxygen atoms in total. The second-order valence-electron chi connectivity index (χ2n) is 20.7. The van der Waals surface area contributed by atoms with Crippen LogP contribution in [0.25, 0.3) is 167 Å². The van der Waals surface area contributed by atoms with Crippen LogP contribution < -0.4 is 0 Å². The Morgan fingerprint density at radius 1 is 0.256 bits per heavy atom. The fraction of sp³-hybridized carbons (Fsp3) is 0. The molecule has 0 saturated heterocycles. The van der Waals surface area contributed by atoms with Gasteiger partial charge in [-0.15, -0.1) is 22.7 Å². The van der Waals surface area contributed by atoms with E-state index in [1.165, 1.54) is 128 Å².